The van der Waals surface area contributed by atoms with Gasteiger partial charge in [0.05, 0.1) is 19.8 Å². The summed E-state index contributed by atoms with van der Waals surface area (Å²) in [4.78, 5) is 26.6. The van der Waals surface area contributed by atoms with Crippen LogP contribution < -0.4 is 5.73 Å². The molecular formula is C21H20FN3O3. The third-order valence-corrected chi connectivity index (χ3v) is 5.03. The molecule has 1 atom stereocenters. The van der Waals surface area contributed by atoms with Crippen LogP contribution in [0.25, 0.3) is 10.9 Å². The van der Waals surface area contributed by atoms with Crippen molar-refractivity contribution in [2.24, 2.45) is 5.73 Å². The van der Waals surface area contributed by atoms with Crippen molar-refractivity contribution in [3.05, 3.63) is 71.7 Å². The molecule has 4 rings (SSSR count). The van der Waals surface area contributed by atoms with E-state index in [1.165, 1.54) is 11.0 Å². The monoisotopic (exact) mass is 381 g/mol. The fraction of sp³-hybridized carbons (Fsp3) is 0.238. The van der Waals surface area contributed by atoms with Gasteiger partial charge in [0.2, 0.25) is 5.91 Å². The van der Waals surface area contributed by atoms with Gasteiger partial charge in [0, 0.05) is 23.0 Å². The molecule has 0 saturated carbocycles. The lowest BCUT2D eigenvalue weighted by Gasteiger charge is -2.33. The second-order valence-electron chi connectivity index (χ2n) is 6.76. The molecule has 28 heavy (non-hydrogen) atoms. The minimum Gasteiger partial charge on any atom is -0.377 e. The van der Waals surface area contributed by atoms with E-state index < -0.39 is 11.9 Å². The molecule has 1 unspecified atom stereocenters. The molecule has 7 heteroatoms. The smallest absolute Gasteiger partial charge is 0.271 e. The van der Waals surface area contributed by atoms with Crippen molar-refractivity contribution < 1.29 is 18.7 Å². The van der Waals surface area contributed by atoms with E-state index in [0.29, 0.717) is 17.9 Å². The van der Waals surface area contributed by atoms with E-state index in [1.54, 1.807) is 28.8 Å². The largest absolute Gasteiger partial charge is 0.377 e. The number of carbonyl (C=O) groups is 2. The number of para-hydroxylation sites is 1. The number of nitrogens with two attached hydrogens (primary N) is 1. The molecule has 2 N–H and O–H groups in total. The van der Waals surface area contributed by atoms with Gasteiger partial charge in [-0.1, -0.05) is 36.4 Å². The molecule has 0 spiro atoms. The van der Waals surface area contributed by atoms with E-state index in [0.717, 1.165) is 10.9 Å². The Kier molecular flexibility index (Phi) is 4.83. The molecule has 6 nitrogen and oxygen atoms in total. The van der Waals surface area contributed by atoms with Gasteiger partial charge in [-0.25, -0.2) is 4.39 Å². The molecule has 2 aromatic carbocycles. The lowest BCUT2D eigenvalue weighted by Crippen LogP contribution is -2.55. The van der Waals surface area contributed by atoms with Crippen molar-refractivity contribution in [3.63, 3.8) is 0 Å². The predicted octanol–water partition coefficient (Wildman–Crippen LogP) is 2.16. The number of nitrogens with zero attached hydrogens (tertiary/aromatic N) is 2. The average Bonchev–Trinajstić information content (AvgIpc) is 3.07. The van der Waals surface area contributed by atoms with Gasteiger partial charge in [0.15, 0.2) is 0 Å². The quantitative estimate of drug-likeness (QED) is 0.752. The Labute approximate surface area is 161 Å². The molecule has 2 heterocycles. The molecule has 144 valence electrons. The maximum atomic E-state index is 14.3. The van der Waals surface area contributed by atoms with Crippen LogP contribution in [0.1, 0.15) is 16.1 Å². The van der Waals surface area contributed by atoms with Crippen LogP contribution in [0.2, 0.25) is 0 Å². The lowest BCUT2D eigenvalue weighted by molar-refractivity contribution is -0.127. The van der Waals surface area contributed by atoms with Gasteiger partial charge in [0.1, 0.15) is 17.6 Å². The summed E-state index contributed by atoms with van der Waals surface area (Å²) in [5.41, 5.74) is 7.14. The molecule has 0 aliphatic carbocycles. The van der Waals surface area contributed by atoms with E-state index in [2.05, 4.69) is 0 Å². The van der Waals surface area contributed by atoms with Crippen LogP contribution in [-0.2, 0) is 16.1 Å². The van der Waals surface area contributed by atoms with Gasteiger partial charge < -0.3 is 19.9 Å². The summed E-state index contributed by atoms with van der Waals surface area (Å²) < 4.78 is 21.3. The Bertz CT molecular complexity index is 1050. The van der Waals surface area contributed by atoms with Crippen molar-refractivity contribution in [1.82, 2.24) is 9.47 Å². The van der Waals surface area contributed by atoms with Crippen molar-refractivity contribution in [2.45, 2.75) is 12.6 Å². The highest BCUT2D eigenvalue weighted by molar-refractivity contribution is 6.01. The molecule has 1 saturated heterocycles. The number of morpholine rings is 1. The zero-order valence-electron chi connectivity index (χ0n) is 15.2. The first kappa shape index (κ1) is 18.2. The number of benzene rings is 2. The first-order valence-electron chi connectivity index (χ1n) is 9.06. The van der Waals surface area contributed by atoms with E-state index in [1.807, 2.05) is 24.3 Å². The van der Waals surface area contributed by atoms with Crippen LogP contribution in [0, 0.1) is 5.82 Å². The minimum absolute atomic E-state index is 0.0780. The number of fused-ring (bicyclic) bond motifs is 1. The number of hydrogen-bond donors (Lipinski definition) is 1. The highest BCUT2D eigenvalue weighted by atomic mass is 19.1. The number of primary amides is 1. The summed E-state index contributed by atoms with van der Waals surface area (Å²) in [7, 11) is 0. The number of ether oxygens (including phenoxy) is 1. The molecule has 1 fully saturated rings. The minimum atomic E-state index is -0.818. The van der Waals surface area contributed by atoms with Crippen LogP contribution in [0.15, 0.2) is 54.6 Å². The maximum Gasteiger partial charge on any atom is 0.271 e. The highest BCUT2D eigenvalue weighted by Crippen LogP contribution is 2.24. The number of halogens is 1. The first-order valence-corrected chi connectivity index (χ1v) is 9.06. The number of amides is 2. The maximum absolute atomic E-state index is 14.3. The molecule has 3 aromatic rings. The Morgan fingerprint density at radius 1 is 1.14 bits per heavy atom. The summed E-state index contributed by atoms with van der Waals surface area (Å²) in [5.74, 6) is -1.26. The van der Waals surface area contributed by atoms with Gasteiger partial charge in [-0.3, -0.25) is 9.59 Å². The van der Waals surface area contributed by atoms with Gasteiger partial charge in [-0.05, 0) is 18.2 Å². The summed E-state index contributed by atoms with van der Waals surface area (Å²) in [6.07, 6.45) is 0. The normalized spacial score (nSPS) is 17.0. The van der Waals surface area contributed by atoms with Crippen molar-refractivity contribution >= 4 is 22.7 Å². The van der Waals surface area contributed by atoms with Crippen LogP contribution in [-0.4, -0.2) is 47.1 Å². The topological polar surface area (TPSA) is 77.6 Å². The zero-order chi connectivity index (χ0) is 19.7. The summed E-state index contributed by atoms with van der Waals surface area (Å²) in [6, 6.07) is 15.0. The van der Waals surface area contributed by atoms with Crippen molar-refractivity contribution in [3.8, 4) is 0 Å². The number of carbonyl (C=O) groups excluding carboxylic acids is 2. The third kappa shape index (κ3) is 3.25. The third-order valence-electron chi connectivity index (χ3n) is 5.03. The van der Waals surface area contributed by atoms with Crippen molar-refractivity contribution in [1.29, 1.82) is 0 Å². The average molecular weight is 381 g/mol. The zero-order valence-corrected chi connectivity index (χ0v) is 15.2. The van der Waals surface area contributed by atoms with Gasteiger partial charge >= 0.3 is 0 Å². The Hall–Kier alpha value is -3.19. The predicted molar refractivity (Wildman–Crippen MR) is 102 cm³/mol. The molecule has 1 aliphatic rings. The van der Waals surface area contributed by atoms with Crippen molar-refractivity contribution in [2.75, 3.05) is 19.8 Å². The number of aromatic nitrogens is 1. The standard InChI is InChI=1S/C21H20FN3O3/c22-16-7-3-1-6-15(16)12-25-17-8-4-2-5-14(17)11-18(25)21(27)24-9-10-28-13-19(24)20(23)26/h1-8,11,19H,9-10,12-13H2,(H2,23,26). The van der Waals surface area contributed by atoms with E-state index in [9.17, 15) is 14.0 Å². The summed E-state index contributed by atoms with van der Waals surface area (Å²) in [6.45, 7) is 0.887. The fourth-order valence-corrected chi connectivity index (χ4v) is 3.58. The van der Waals surface area contributed by atoms with Gasteiger partial charge in [-0.2, -0.15) is 0 Å². The lowest BCUT2D eigenvalue weighted by atomic mass is 10.2. The van der Waals surface area contributed by atoms with Crippen LogP contribution in [0.5, 0.6) is 0 Å². The van der Waals surface area contributed by atoms with E-state index in [4.69, 9.17) is 10.5 Å². The number of rotatable bonds is 4. The van der Waals surface area contributed by atoms with Crippen LogP contribution in [0.3, 0.4) is 0 Å². The first-order chi connectivity index (χ1) is 13.6. The SMILES string of the molecule is NC(=O)C1COCCN1C(=O)c1cc2ccccc2n1Cc1ccccc1F. The molecule has 1 aromatic heterocycles. The van der Waals surface area contributed by atoms with Crippen LogP contribution in [0.4, 0.5) is 4.39 Å². The Morgan fingerprint density at radius 2 is 1.89 bits per heavy atom. The molecule has 0 bridgehead atoms. The molecule has 0 radical (unpaired) electrons. The Morgan fingerprint density at radius 3 is 2.68 bits per heavy atom. The van der Waals surface area contributed by atoms with Gasteiger partial charge in [0.25, 0.3) is 5.91 Å². The summed E-state index contributed by atoms with van der Waals surface area (Å²) in [5, 5.41) is 0.867. The van der Waals surface area contributed by atoms with E-state index in [-0.39, 0.29) is 31.4 Å². The highest BCUT2D eigenvalue weighted by Gasteiger charge is 2.33. The van der Waals surface area contributed by atoms with Gasteiger partial charge in [-0.15, -0.1) is 0 Å². The Balaban J connectivity index is 1.79. The summed E-state index contributed by atoms with van der Waals surface area (Å²) >= 11 is 0. The molecule has 1 aliphatic heterocycles. The molecular weight excluding hydrogens is 361 g/mol. The number of hydrogen-bond acceptors (Lipinski definition) is 3. The second kappa shape index (κ2) is 7.44. The molecule has 2 amide bonds. The van der Waals surface area contributed by atoms with E-state index >= 15 is 0 Å². The fourth-order valence-electron chi connectivity index (χ4n) is 3.58. The van der Waals surface area contributed by atoms with Crippen LogP contribution >= 0.6 is 0 Å². The second-order valence-corrected chi connectivity index (χ2v) is 6.76.